The molecule has 1 saturated carbocycles. The summed E-state index contributed by atoms with van der Waals surface area (Å²) >= 11 is 0. The molecule has 2 N–H and O–H groups in total. The van der Waals surface area contributed by atoms with E-state index >= 15 is 0 Å². The van der Waals surface area contributed by atoms with E-state index in [0.717, 1.165) is 36.2 Å². The zero-order valence-electron chi connectivity index (χ0n) is 12.4. The lowest BCUT2D eigenvalue weighted by molar-refractivity contribution is 0.0783. The van der Waals surface area contributed by atoms with Crippen LogP contribution in [0.5, 0.6) is 0 Å². The van der Waals surface area contributed by atoms with E-state index in [4.69, 9.17) is 5.73 Å². The first-order valence-corrected chi connectivity index (χ1v) is 7.68. The summed E-state index contributed by atoms with van der Waals surface area (Å²) in [6, 6.07) is 6.39. The minimum absolute atomic E-state index is 0.179. The fourth-order valence-electron chi connectivity index (χ4n) is 3.96. The molecule has 0 radical (unpaired) electrons. The molecule has 3 heteroatoms. The lowest BCUT2D eigenvalue weighted by Crippen LogP contribution is -2.38. The fourth-order valence-corrected chi connectivity index (χ4v) is 3.96. The molecule has 20 heavy (non-hydrogen) atoms. The predicted molar refractivity (Wildman–Crippen MR) is 80.6 cm³/mol. The second-order valence-corrected chi connectivity index (χ2v) is 6.61. The number of fused-ring (bicyclic) bond motifs is 1. The van der Waals surface area contributed by atoms with E-state index in [9.17, 15) is 4.79 Å². The van der Waals surface area contributed by atoms with Crippen LogP contribution in [0.3, 0.4) is 0 Å². The van der Waals surface area contributed by atoms with Crippen molar-refractivity contribution in [1.82, 2.24) is 4.90 Å². The molecule has 2 aliphatic rings. The molecule has 1 aromatic rings. The summed E-state index contributed by atoms with van der Waals surface area (Å²) in [5, 5.41) is 0. The molecule has 0 spiro atoms. The summed E-state index contributed by atoms with van der Waals surface area (Å²) in [5.41, 5.74) is 9.37. The smallest absolute Gasteiger partial charge is 0.253 e. The Labute approximate surface area is 121 Å². The SMILES string of the molecule is Cc1cc(C)cc(C(=O)N2CC3CCCC(N)C3C2)c1. The molecule has 1 aliphatic carbocycles. The highest BCUT2D eigenvalue weighted by Gasteiger charge is 2.40. The molecule has 3 nitrogen and oxygen atoms in total. The summed E-state index contributed by atoms with van der Waals surface area (Å²) in [6.45, 7) is 5.83. The van der Waals surface area contributed by atoms with Crippen LogP contribution >= 0.6 is 0 Å². The van der Waals surface area contributed by atoms with E-state index in [0.29, 0.717) is 11.8 Å². The van der Waals surface area contributed by atoms with Crippen molar-refractivity contribution in [3.05, 3.63) is 34.9 Å². The van der Waals surface area contributed by atoms with Crippen LogP contribution in [0.1, 0.15) is 40.7 Å². The average molecular weight is 272 g/mol. The lowest BCUT2D eigenvalue weighted by Gasteiger charge is -2.29. The first kappa shape index (κ1) is 13.6. The van der Waals surface area contributed by atoms with Gasteiger partial charge in [0, 0.05) is 24.7 Å². The number of nitrogens with two attached hydrogens (primary N) is 1. The molecule has 0 aromatic heterocycles. The molecule has 1 aliphatic heterocycles. The fraction of sp³-hybridized carbons (Fsp3) is 0.588. The standard InChI is InChI=1S/C17H24N2O/c1-11-6-12(2)8-14(7-11)17(20)19-9-13-4-3-5-16(18)15(13)10-19/h6-8,13,15-16H,3-5,9-10,18H2,1-2H3. The maximum Gasteiger partial charge on any atom is 0.253 e. The van der Waals surface area contributed by atoms with Crippen molar-refractivity contribution in [3.8, 4) is 0 Å². The highest BCUT2D eigenvalue weighted by atomic mass is 16.2. The third kappa shape index (κ3) is 2.47. The third-order valence-electron chi connectivity index (χ3n) is 4.91. The number of benzene rings is 1. The van der Waals surface area contributed by atoms with Gasteiger partial charge in [0.2, 0.25) is 0 Å². The van der Waals surface area contributed by atoms with Gasteiger partial charge in [0.15, 0.2) is 0 Å². The van der Waals surface area contributed by atoms with Crippen LogP contribution in [-0.4, -0.2) is 29.9 Å². The van der Waals surface area contributed by atoms with Crippen LogP contribution in [0.15, 0.2) is 18.2 Å². The van der Waals surface area contributed by atoms with Gasteiger partial charge in [-0.2, -0.15) is 0 Å². The van der Waals surface area contributed by atoms with Gasteiger partial charge < -0.3 is 10.6 Å². The van der Waals surface area contributed by atoms with Crippen molar-refractivity contribution in [2.45, 2.75) is 39.2 Å². The molecule has 2 fully saturated rings. The monoisotopic (exact) mass is 272 g/mol. The Morgan fingerprint density at radius 2 is 1.85 bits per heavy atom. The van der Waals surface area contributed by atoms with Gasteiger partial charge in [-0.15, -0.1) is 0 Å². The van der Waals surface area contributed by atoms with Gasteiger partial charge in [0.1, 0.15) is 0 Å². The average Bonchev–Trinajstić information content (AvgIpc) is 2.82. The van der Waals surface area contributed by atoms with Crippen molar-refractivity contribution >= 4 is 5.91 Å². The number of carbonyl (C=O) groups excluding carboxylic acids is 1. The van der Waals surface area contributed by atoms with Crippen LogP contribution in [0, 0.1) is 25.7 Å². The second-order valence-electron chi connectivity index (χ2n) is 6.61. The number of carbonyl (C=O) groups is 1. The normalized spacial score (nSPS) is 29.4. The van der Waals surface area contributed by atoms with Crippen LogP contribution in [0.2, 0.25) is 0 Å². The number of hydrogen-bond donors (Lipinski definition) is 1. The topological polar surface area (TPSA) is 46.3 Å². The highest BCUT2D eigenvalue weighted by Crippen LogP contribution is 2.36. The Hall–Kier alpha value is -1.35. The summed E-state index contributed by atoms with van der Waals surface area (Å²) < 4.78 is 0. The van der Waals surface area contributed by atoms with Crippen LogP contribution in [-0.2, 0) is 0 Å². The van der Waals surface area contributed by atoms with E-state index in [1.165, 1.54) is 12.8 Å². The zero-order valence-corrected chi connectivity index (χ0v) is 12.4. The molecule has 1 amide bonds. The minimum atomic E-state index is 0.179. The van der Waals surface area contributed by atoms with E-state index < -0.39 is 0 Å². The van der Waals surface area contributed by atoms with E-state index in [-0.39, 0.29) is 11.9 Å². The molecule has 1 aromatic carbocycles. The number of aryl methyl sites for hydroxylation is 2. The molecular weight excluding hydrogens is 248 g/mol. The molecule has 1 heterocycles. The Morgan fingerprint density at radius 3 is 2.50 bits per heavy atom. The molecule has 1 saturated heterocycles. The number of nitrogens with zero attached hydrogens (tertiary/aromatic N) is 1. The van der Waals surface area contributed by atoms with Crippen molar-refractivity contribution in [2.24, 2.45) is 17.6 Å². The van der Waals surface area contributed by atoms with E-state index in [1.54, 1.807) is 0 Å². The second kappa shape index (κ2) is 5.21. The maximum atomic E-state index is 12.7. The summed E-state index contributed by atoms with van der Waals surface area (Å²) in [7, 11) is 0. The summed E-state index contributed by atoms with van der Waals surface area (Å²) in [6.07, 6.45) is 3.57. The van der Waals surface area contributed by atoms with Crippen molar-refractivity contribution in [2.75, 3.05) is 13.1 Å². The van der Waals surface area contributed by atoms with Gasteiger partial charge in [-0.1, -0.05) is 23.6 Å². The summed E-state index contributed by atoms with van der Waals surface area (Å²) in [4.78, 5) is 14.7. The number of rotatable bonds is 1. The Balaban J connectivity index is 1.78. The molecule has 108 valence electrons. The van der Waals surface area contributed by atoms with Gasteiger partial charge in [-0.05, 0) is 50.7 Å². The first-order valence-electron chi connectivity index (χ1n) is 7.68. The third-order valence-corrected chi connectivity index (χ3v) is 4.91. The van der Waals surface area contributed by atoms with Gasteiger partial charge >= 0.3 is 0 Å². The summed E-state index contributed by atoms with van der Waals surface area (Å²) in [5.74, 6) is 1.31. The highest BCUT2D eigenvalue weighted by molar-refractivity contribution is 5.94. The Morgan fingerprint density at radius 1 is 1.15 bits per heavy atom. The van der Waals surface area contributed by atoms with Gasteiger partial charge in [0.05, 0.1) is 0 Å². The van der Waals surface area contributed by atoms with Gasteiger partial charge in [-0.3, -0.25) is 4.79 Å². The quantitative estimate of drug-likeness (QED) is 0.854. The van der Waals surface area contributed by atoms with Crippen LogP contribution in [0.25, 0.3) is 0 Å². The van der Waals surface area contributed by atoms with Gasteiger partial charge in [0.25, 0.3) is 5.91 Å². The van der Waals surface area contributed by atoms with Crippen molar-refractivity contribution in [3.63, 3.8) is 0 Å². The molecule has 0 bridgehead atoms. The molecule has 3 unspecified atom stereocenters. The van der Waals surface area contributed by atoms with Crippen LogP contribution in [0.4, 0.5) is 0 Å². The molecular formula is C17H24N2O. The largest absolute Gasteiger partial charge is 0.338 e. The predicted octanol–water partition coefficient (Wildman–Crippen LogP) is 2.50. The van der Waals surface area contributed by atoms with Gasteiger partial charge in [-0.25, -0.2) is 0 Å². The zero-order chi connectivity index (χ0) is 14.3. The first-order chi connectivity index (χ1) is 9.54. The molecule has 3 atom stereocenters. The van der Waals surface area contributed by atoms with Crippen LogP contribution < -0.4 is 5.73 Å². The van der Waals surface area contributed by atoms with Crippen molar-refractivity contribution < 1.29 is 4.79 Å². The van der Waals surface area contributed by atoms with E-state index in [2.05, 4.69) is 6.07 Å². The molecule has 3 rings (SSSR count). The lowest BCUT2D eigenvalue weighted by atomic mass is 9.78. The number of amides is 1. The minimum Gasteiger partial charge on any atom is -0.338 e. The number of hydrogen-bond acceptors (Lipinski definition) is 2. The number of likely N-dealkylation sites (tertiary alicyclic amines) is 1. The van der Waals surface area contributed by atoms with Crippen molar-refractivity contribution in [1.29, 1.82) is 0 Å². The Kier molecular flexibility index (Phi) is 3.55. The van der Waals surface area contributed by atoms with E-state index in [1.807, 2.05) is 30.9 Å². The maximum absolute atomic E-state index is 12.7. The Bertz CT molecular complexity index is 505.